The Balaban J connectivity index is 1.36. The summed E-state index contributed by atoms with van der Waals surface area (Å²) < 4.78 is 39.1. The van der Waals surface area contributed by atoms with Crippen LogP contribution in [0.3, 0.4) is 0 Å². The molecule has 0 saturated carbocycles. The lowest BCUT2D eigenvalue weighted by Gasteiger charge is -2.36. The molecule has 0 aliphatic carbocycles. The number of ether oxygens (including phenoxy) is 2. The number of carbonyl (C=O) groups is 2. The molecule has 1 amide bonds. The number of anilines is 2. The van der Waals surface area contributed by atoms with E-state index in [1.165, 1.54) is 30.0 Å². The van der Waals surface area contributed by atoms with Crippen molar-refractivity contribution in [1.82, 2.24) is 34.2 Å². The summed E-state index contributed by atoms with van der Waals surface area (Å²) in [6, 6.07) is 6.26. The van der Waals surface area contributed by atoms with E-state index in [1.54, 1.807) is 40.3 Å². The molecule has 15 heteroatoms. The fourth-order valence-electron chi connectivity index (χ4n) is 5.09. The molecule has 12 nitrogen and oxygen atoms in total. The molecule has 1 aromatic carbocycles. The highest BCUT2D eigenvalue weighted by Crippen LogP contribution is 2.38. The normalized spacial score (nSPS) is 14.1. The van der Waals surface area contributed by atoms with E-state index in [-0.39, 0.29) is 41.5 Å². The van der Waals surface area contributed by atoms with Crippen molar-refractivity contribution in [2.75, 3.05) is 39.1 Å². The average molecular weight is 617 g/mol. The number of aromatic nitrogens is 5. The van der Waals surface area contributed by atoms with Crippen LogP contribution in [0, 0.1) is 0 Å². The zero-order chi connectivity index (χ0) is 30.5. The van der Waals surface area contributed by atoms with E-state index in [4.69, 9.17) is 21.1 Å². The molecule has 0 atom stereocenters. The van der Waals surface area contributed by atoms with Gasteiger partial charge in [0.25, 0.3) is 0 Å². The Hall–Kier alpha value is -4.30. The predicted octanol–water partition coefficient (Wildman–Crippen LogP) is 4.08. The lowest BCUT2D eigenvalue weighted by Crippen LogP contribution is -2.46. The quantitative estimate of drug-likeness (QED) is 0.249. The highest BCUT2D eigenvalue weighted by Gasteiger charge is 2.27. The SMILES string of the molecule is COC(=O)CCN(C)C1CCN(C(=O)Cn2cc(Nc3cnn4cccnc34)c(-c3cc(Cl)ccc3OC(F)F)n2)CC1. The number of nitrogens with zero attached hydrogens (tertiary/aromatic N) is 7. The van der Waals surface area contributed by atoms with Crippen LogP contribution < -0.4 is 10.1 Å². The third-order valence-electron chi connectivity index (χ3n) is 7.36. The largest absolute Gasteiger partial charge is 0.469 e. The van der Waals surface area contributed by atoms with Crippen molar-refractivity contribution in [3.8, 4) is 17.0 Å². The maximum absolute atomic E-state index is 13.3. The van der Waals surface area contributed by atoms with Gasteiger partial charge in [0.2, 0.25) is 5.91 Å². The standard InChI is InChI=1S/C28H31ClF2N8O4/c1-36(11-8-25(41)42-2)19-6-12-37(13-7-19)24(40)17-38-16-22(34-21-15-33-39-10-3-9-32-27(21)39)26(35-38)20-14-18(29)4-5-23(20)43-28(30)31/h3-5,9-10,14-16,19,28,34H,6-8,11-13,17H2,1-2H3. The lowest BCUT2D eigenvalue weighted by atomic mass is 10.0. The van der Waals surface area contributed by atoms with Gasteiger partial charge in [-0.2, -0.15) is 19.0 Å². The molecule has 3 aromatic heterocycles. The van der Waals surface area contributed by atoms with Crippen molar-refractivity contribution in [2.45, 2.75) is 38.5 Å². The Morgan fingerprint density at radius 3 is 2.77 bits per heavy atom. The molecule has 43 heavy (non-hydrogen) atoms. The molecule has 1 N–H and O–H groups in total. The number of rotatable bonds is 11. The van der Waals surface area contributed by atoms with Crippen molar-refractivity contribution in [3.63, 3.8) is 0 Å². The van der Waals surface area contributed by atoms with Gasteiger partial charge in [0.15, 0.2) is 5.65 Å². The number of piperidine rings is 1. The Morgan fingerprint density at radius 2 is 2.02 bits per heavy atom. The van der Waals surface area contributed by atoms with Gasteiger partial charge in [-0.1, -0.05) is 11.6 Å². The van der Waals surface area contributed by atoms with Gasteiger partial charge < -0.3 is 24.6 Å². The Kier molecular flexibility index (Phi) is 9.36. The van der Waals surface area contributed by atoms with Crippen LogP contribution in [0.25, 0.3) is 16.9 Å². The Morgan fingerprint density at radius 1 is 1.23 bits per heavy atom. The van der Waals surface area contributed by atoms with Crippen molar-refractivity contribution < 1.29 is 27.8 Å². The zero-order valence-corrected chi connectivity index (χ0v) is 24.4. The number of likely N-dealkylation sites (tertiary alicyclic amines) is 1. The number of hydrogen-bond donors (Lipinski definition) is 1. The summed E-state index contributed by atoms with van der Waals surface area (Å²) in [5.74, 6) is -0.505. The van der Waals surface area contributed by atoms with Crippen LogP contribution in [0.2, 0.25) is 5.02 Å². The second kappa shape index (κ2) is 13.3. The number of esters is 1. The van der Waals surface area contributed by atoms with Crippen LogP contribution in [0.1, 0.15) is 19.3 Å². The van der Waals surface area contributed by atoms with Crippen LogP contribution >= 0.6 is 11.6 Å². The summed E-state index contributed by atoms with van der Waals surface area (Å²) in [6.45, 7) is -1.44. The number of hydrogen-bond acceptors (Lipinski definition) is 9. The highest BCUT2D eigenvalue weighted by molar-refractivity contribution is 6.31. The molecular weight excluding hydrogens is 586 g/mol. The van der Waals surface area contributed by atoms with Gasteiger partial charge in [0, 0.05) is 54.9 Å². The summed E-state index contributed by atoms with van der Waals surface area (Å²) in [4.78, 5) is 33.1. The maximum atomic E-state index is 13.3. The first-order chi connectivity index (χ1) is 20.7. The topological polar surface area (TPSA) is 119 Å². The van der Waals surface area contributed by atoms with Crippen molar-refractivity contribution in [2.24, 2.45) is 0 Å². The molecule has 4 heterocycles. The zero-order valence-electron chi connectivity index (χ0n) is 23.6. The summed E-state index contributed by atoms with van der Waals surface area (Å²) in [5.41, 5.74) is 1.98. The monoisotopic (exact) mass is 616 g/mol. The van der Waals surface area contributed by atoms with Crippen molar-refractivity contribution in [3.05, 3.63) is 54.1 Å². The van der Waals surface area contributed by atoms with Crippen LogP contribution in [0.5, 0.6) is 5.75 Å². The molecule has 4 aromatic rings. The molecule has 0 spiro atoms. The highest BCUT2D eigenvalue weighted by atomic mass is 35.5. The predicted molar refractivity (Wildman–Crippen MR) is 154 cm³/mol. The average Bonchev–Trinajstić information content (AvgIpc) is 3.60. The Labute approximate surface area is 251 Å². The molecule has 1 fully saturated rings. The second-order valence-corrected chi connectivity index (χ2v) is 10.5. The van der Waals surface area contributed by atoms with E-state index < -0.39 is 6.61 Å². The smallest absolute Gasteiger partial charge is 0.387 e. The minimum absolute atomic E-state index is 0.0733. The van der Waals surface area contributed by atoms with E-state index in [2.05, 4.69) is 25.4 Å². The second-order valence-electron chi connectivity index (χ2n) is 10.1. The number of benzene rings is 1. The third-order valence-corrected chi connectivity index (χ3v) is 7.59. The minimum atomic E-state index is -3.06. The molecule has 1 saturated heterocycles. The van der Waals surface area contributed by atoms with Gasteiger partial charge >= 0.3 is 12.6 Å². The molecule has 0 unspecified atom stereocenters. The first-order valence-corrected chi connectivity index (χ1v) is 14.0. The first-order valence-electron chi connectivity index (χ1n) is 13.6. The summed E-state index contributed by atoms with van der Waals surface area (Å²) in [5, 5.41) is 12.4. The summed E-state index contributed by atoms with van der Waals surface area (Å²) in [7, 11) is 3.34. The van der Waals surface area contributed by atoms with Gasteiger partial charge in [-0.3, -0.25) is 14.3 Å². The molecule has 5 rings (SSSR count). The number of carbonyl (C=O) groups excluding carboxylic acids is 2. The van der Waals surface area contributed by atoms with Crippen LogP contribution in [-0.2, 0) is 20.9 Å². The van der Waals surface area contributed by atoms with E-state index >= 15 is 0 Å². The lowest BCUT2D eigenvalue weighted by molar-refractivity contribution is -0.141. The fraction of sp³-hybridized carbons (Fsp3) is 0.393. The number of halogens is 3. The van der Waals surface area contributed by atoms with Crippen LogP contribution in [0.15, 0.2) is 49.1 Å². The number of alkyl halides is 2. The molecule has 1 aliphatic heterocycles. The molecule has 1 aliphatic rings. The molecular formula is C28H31ClF2N8O4. The van der Waals surface area contributed by atoms with Crippen molar-refractivity contribution >= 4 is 40.5 Å². The maximum Gasteiger partial charge on any atom is 0.387 e. The summed E-state index contributed by atoms with van der Waals surface area (Å²) >= 11 is 6.24. The third kappa shape index (κ3) is 7.20. The van der Waals surface area contributed by atoms with Gasteiger partial charge in [0.05, 0.1) is 25.4 Å². The number of amides is 1. The van der Waals surface area contributed by atoms with Crippen LogP contribution in [0.4, 0.5) is 20.2 Å². The van der Waals surface area contributed by atoms with Crippen LogP contribution in [-0.4, -0.2) is 92.5 Å². The van der Waals surface area contributed by atoms with Gasteiger partial charge in [-0.05, 0) is 44.2 Å². The number of methoxy groups -OCH3 is 1. The molecule has 0 radical (unpaired) electrons. The van der Waals surface area contributed by atoms with E-state index in [0.29, 0.717) is 48.1 Å². The number of fused-ring (bicyclic) bond motifs is 1. The van der Waals surface area contributed by atoms with E-state index in [9.17, 15) is 18.4 Å². The van der Waals surface area contributed by atoms with Gasteiger partial charge in [-0.25, -0.2) is 9.50 Å². The van der Waals surface area contributed by atoms with Gasteiger partial charge in [0.1, 0.15) is 23.7 Å². The fourth-order valence-corrected chi connectivity index (χ4v) is 5.26. The Bertz CT molecular complexity index is 1590. The summed E-state index contributed by atoms with van der Waals surface area (Å²) in [6.07, 6.45) is 8.40. The number of nitrogens with one attached hydrogen (secondary N) is 1. The van der Waals surface area contributed by atoms with Gasteiger partial charge in [-0.15, -0.1) is 0 Å². The first kappa shape index (κ1) is 30.2. The molecule has 228 valence electrons. The van der Waals surface area contributed by atoms with E-state index in [0.717, 1.165) is 12.8 Å². The van der Waals surface area contributed by atoms with Crippen molar-refractivity contribution in [1.29, 1.82) is 0 Å². The van der Waals surface area contributed by atoms with E-state index in [1.807, 2.05) is 7.05 Å². The molecule has 0 bridgehead atoms. The minimum Gasteiger partial charge on any atom is -0.469 e.